The summed E-state index contributed by atoms with van der Waals surface area (Å²) in [7, 11) is 0. The van der Waals surface area contributed by atoms with E-state index in [1.807, 2.05) is 0 Å². The first-order chi connectivity index (χ1) is 8.99. The molecule has 19 heavy (non-hydrogen) atoms. The van der Waals surface area contributed by atoms with Gasteiger partial charge in [0, 0.05) is 11.6 Å². The number of benzene rings is 1. The van der Waals surface area contributed by atoms with E-state index in [-0.39, 0.29) is 27.6 Å². The summed E-state index contributed by atoms with van der Waals surface area (Å²) in [5.41, 5.74) is 6.13. The van der Waals surface area contributed by atoms with Gasteiger partial charge in [-0.25, -0.2) is 4.39 Å². The molecule has 7 heteroatoms. The Bertz CT molecular complexity index is 534. The molecule has 1 aromatic rings. The molecular weight excluding hydrogens is 333 g/mol. The number of rotatable bonds is 5. The van der Waals surface area contributed by atoms with Crippen molar-refractivity contribution in [3.05, 3.63) is 28.0 Å². The zero-order chi connectivity index (χ0) is 14.0. The van der Waals surface area contributed by atoms with Crippen LogP contribution in [0.15, 0.2) is 16.6 Å². The van der Waals surface area contributed by atoms with Gasteiger partial charge in [-0.1, -0.05) is 12.2 Å². The molecule has 0 atom stereocenters. The van der Waals surface area contributed by atoms with Crippen molar-refractivity contribution in [3.63, 3.8) is 0 Å². The second-order valence-electron chi connectivity index (χ2n) is 4.35. The minimum Gasteiger partial charge on any atom is -0.389 e. The van der Waals surface area contributed by atoms with Gasteiger partial charge < -0.3 is 16.4 Å². The number of halogens is 2. The van der Waals surface area contributed by atoms with Crippen LogP contribution in [0.25, 0.3) is 0 Å². The highest BCUT2D eigenvalue weighted by Crippen LogP contribution is 2.27. The zero-order valence-electron chi connectivity index (χ0n) is 10.0. The van der Waals surface area contributed by atoms with Gasteiger partial charge in [0.25, 0.3) is 0 Å². The molecule has 0 saturated heterocycles. The van der Waals surface area contributed by atoms with Crippen LogP contribution in [0.5, 0.6) is 0 Å². The molecule has 1 aliphatic carbocycles. The summed E-state index contributed by atoms with van der Waals surface area (Å²) in [5.74, 6) is -0.652. The van der Waals surface area contributed by atoms with E-state index >= 15 is 0 Å². The highest BCUT2D eigenvalue weighted by molar-refractivity contribution is 9.10. The number of hydrogen-bond donors (Lipinski definition) is 3. The molecule has 2 rings (SSSR count). The predicted molar refractivity (Wildman–Crippen MR) is 79.6 cm³/mol. The van der Waals surface area contributed by atoms with Crippen LogP contribution in [-0.2, 0) is 4.79 Å². The normalized spacial score (nSPS) is 14.0. The molecule has 0 radical (unpaired) electrons. The Balaban J connectivity index is 2.02. The van der Waals surface area contributed by atoms with Crippen LogP contribution in [0.4, 0.5) is 10.1 Å². The first kappa shape index (κ1) is 14.2. The molecule has 1 aliphatic rings. The van der Waals surface area contributed by atoms with E-state index in [0.717, 1.165) is 12.8 Å². The minimum absolute atomic E-state index is 0.0340. The number of nitrogens with two attached hydrogens (primary N) is 1. The number of carbonyl (C=O) groups is 1. The van der Waals surface area contributed by atoms with Gasteiger partial charge in [0.1, 0.15) is 4.99 Å². The summed E-state index contributed by atoms with van der Waals surface area (Å²) in [4.78, 5) is 11.6. The molecule has 4 nitrogen and oxygen atoms in total. The third-order valence-electron chi connectivity index (χ3n) is 2.73. The van der Waals surface area contributed by atoms with Crippen LogP contribution >= 0.6 is 28.1 Å². The van der Waals surface area contributed by atoms with Gasteiger partial charge >= 0.3 is 0 Å². The topological polar surface area (TPSA) is 67.1 Å². The Morgan fingerprint density at radius 3 is 2.79 bits per heavy atom. The quantitative estimate of drug-likeness (QED) is 0.713. The fourth-order valence-corrected chi connectivity index (χ4v) is 2.42. The zero-order valence-corrected chi connectivity index (χ0v) is 12.4. The lowest BCUT2D eigenvalue weighted by atomic mass is 10.2. The molecule has 102 valence electrons. The second-order valence-corrected chi connectivity index (χ2v) is 5.58. The van der Waals surface area contributed by atoms with E-state index in [0.29, 0.717) is 11.6 Å². The Morgan fingerprint density at radius 2 is 2.21 bits per heavy atom. The lowest BCUT2D eigenvalue weighted by Gasteiger charge is -2.11. The highest BCUT2D eigenvalue weighted by Gasteiger charge is 2.23. The molecule has 1 saturated carbocycles. The molecule has 0 spiro atoms. The first-order valence-corrected chi connectivity index (χ1v) is 7.00. The lowest BCUT2D eigenvalue weighted by Crippen LogP contribution is -2.31. The van der Waals surface area contributed by atoms with E-state index in [1.54, 1.807) is 6.07 Å². The Morgan fingerprint density at radius 1 is 1.53 bits per heavy atom. The third kappa shape index (κ3) is 3.63. The van der Waals surface area contributed by atoms with Crippen LogP contribution in [-0.4, -0.2) is 23.5 Å². The van der Waals surface area contributed by atoms with Gasteiger partial charge in [0.15, 0.2) is 5.82 Å². The Hall–Kier alpha value is -1.21. The fraction of sp³-hybridized carbons (Fsp3) is 0.333. The number of amides is 1. The molecule has 1 aromatic carbocycles. The van der Waals surface area contributed by atoms with Crippen molar-refractivity contribution in [2.75, 3.05) is 11.9 Å². The molecule has 1 amide bonds. The van der Waals surface area contributed by atoms with Crippen LogP contribution < -0.4 is 16.4 Å². The molecule has 0 unspecified atom stereocenters. The maximum atomic E-state index is 14.0. The van der Waals surface area contributed by atoms with Crippen molar-refractivity contribution in [2.45, 2.75) is 18.9 Å². The van der Waals surface area contributed by atoms with Gasteiger partial charge in [-0.3, -0.25) is 4.79 Å². The standard InChI is InChI=1S/C12H13BrFN3OS/c13-10-7(12(15)19)3-4-8(11(10)14)16-5-9(18)17-6-1-2-6/h3-4,6,16H,1-2,5H2,(H2,15,19)(H,17,18). The van der Waals surface area contributed by atoms with Crippen LogP contribution in [0.1, 0.15) is 18.4 Å². The average molecular weight is 346 g/mol. The number of hydrogen-bond acceptors (Lipinski definition) is 3. The Kier molecular flexibility index (Phi) is 4.36. The monoisotopic (exact) mass is 345 g/mol. The Labute approximate surface area is 124 Å². The van der Waals surface area contributed by atoms with Crippen LogP contribution in [0.2, 0.25) is 0 Å². The van der Waals surface area contributed by atoms with Crippen molar-refractivity contribution in [3.8, 4) is 0 Å². The van der Waals surface area contributed by atoms with Gasteiger partial charge in [-0.2, -0.15) is 0 Å². The maximum Gasteiger partial charge on any atom is 0.239 e. The molecule has 0 heterocycles. The number of carbonyl (C=O) groups excluding carboxylic acids is 1. The van der Waals surface area contributed by atoms with Crippen LogP contribution in [0.3, 0.4) is 0 Å². The largest absolute Gasteiger partial charge is 0.389 e. The number of thiocarbonyl (C=S) groups is 1. The second kappa shape index (κ2) is 5.83. The molecule has 0 aromatic heterocycles. The van der Waals surface area contributed by atoms with Crippen molar-refractivity contribution in [1.29, 1.82) is 0 Å². The summed E-state index contributed by atoms with van der Waals surface area (Å²) >= 11 is 7.92. The summed E-state index contributed by atoms with van der Waals surface area (Å²) in [6, 6.07) is 3.41. The van der Waals surface area contributed by atoms with E-state index in [9.17, 15) is 9.18 Å². The average Bonchev–Trinajstić information content (AvgIpc) is 3.14. The SMILES string of the molecule is NC(=S)c1ccc(NCC(=O)NC2CC2)c(F)c1Br. The third-order valence-corrected chi connectivity index (χ3v) is 3.72. The van der Waals surface area contributed by atoms with E-state index in [2.05, 4.69) is 26.6 Å². The van der Waals surface area contributed by atoms with Gasteiger partial charge in [0.2, 0.25) is 5.91 Å². The van der Waals surface area contributed by atoms with Gasteiger partial charge in [-0.05, 0) is 40.9 Å². The fourth-order valence-electron chi connectivity index (χ4n) is 1.56. The summed E-state index contributed by atoms with van der Waals surface area (Å²) in [6.45, 7) is 0.0340. The molecule has 0 bridgehead atoms. The van der Waals surface area contributed by atoms with E-state index in [4.69, 9.17) is 18.0 Å². The number of nitrogens with one attached hydrogen (secondary N) is 2. The molecule has 0 aliphatic heterocycles. The first-order valence-electron chi connectivity index (χ1n) is 5.80. The minimum atomic E-state index is -0.510. The van der Waals surface area contributed by atoms with Crippen molar-refractivity contribution < 1.29 is 9.18 Å². The maximum absolute atomic E-state index is 14.0. The molecule has 4 N–H and O–H groups in total. The van der Waals surface area contributed by atoms with Crippen molar-refractivity contribution >= 4 is 44.7 Å². The van der Waals surface area contributed by atoms with E-state index in [1.165, 1.54) is 6.07 Å². The van der Waals surface area contributed by atoms with Crippen LogP contribution in [0, 0.1) is 5.82 Å². The van der Waals surface area contributed by atoms with Gasteiger partial charge in [-0.15, -0.1) is 0 Å². The summed E-state index contributed by atoms with van der Waals surface area (Å²) < 4.78 is 14.2. The van der Waals surface area contributed by atoms with Crippen molar-refractivity contribution in [1.82, 2.24) is 5.32 Å². The van der Waals surface area contributed by atoms with Gasteiger partial charge in [0.05, 0.1) is 16.7 Å². The lowest BCUT2D eigenvalue weighted by molar-refractivity contribution is -0.119. The summed E-state index contributed by atoms with van der Waals surface area (Å²) in [5, 5.41) is 5.56. The molecular formula is C12H13BrFN3OS. The van der Waals surface area contributed by atoms with E-state index < -0.39 is 5.82 Å². The van der Waals surface area contributed by atoms with Crippen molar-refractivity contribution in [2.24, 2.45) is 5.73 Å². The molecule has 1 fully saturated rings. The summed E-state index contributed by atoms with van der Waals surface area (Å²) in [6.07, 6.45) is 2.04. The predicted octanol–water partition coefficient (Wildman–Crippen LogP) is 1.91. The smallest absolute Gasteiger partial charge is 0.239 e. The number of anilines is 1. The highest BCUT2D eigenvalue weighted by atomic mass is 79.9.